The molecule has 1 fully saturated rings. The van der Waals surface area contributed by atoms with Crippen LogP contribution in [0.2, 0.25) is 0 Å². The van der Waals surface area contributed by atoms with Crippen LogP contribution >= 0.6 is 23.5 Å². The van der Waals surface area contributed by atoms with Crippen LogP contribution in [-0.4, -0.2) is 55.6 Å². The van der Waals surface area contributed by atoms with Crippen LogP contribution in [0, 0.1) is 0 Å². The lowest BCUT2D eigenvalue weighted by atomic mass is 9.98. The van der Waals surface area contributed by atoms with Crippen LogP contribution in [-0.2, 0) is 31.6 Å². The molecule has 1 rings (SSSR count). The van der Waals surface area contributed by atoms with E-state index in [-0.39, 0.29) is 6.42 Å². The van der Waals surface area contributed by atoms with Gasteiger partial charge in [0.2, 0.25) is 0 Å². The molecule has 3 unspecified atom stereocenters. The highest BCUT2D eigenvalue weighted by atomic mass is 31.3. The summed E-state index contributed by atoms with van der Waals surface area (Å²) in [6, 6.07) is 0. The van der Waals surface area contributed by atoms with Crippen molar-refractivity contribution in [3.8, 4) is 0 Å². The van der Waals surface area contributed by atoms with Gasteiger partial charge in [0.05, 0.1) is 25.4 Å². The van der Waals surface area contributed by atoms with Gasteiger partial charge in [0, 0.05) is 11.3 Å². The van der Waals surface area contributed by atoms with Gasteiger partial charge < -0.3 is 29.4 Å². The Balaban J connectivity index is 2.84. The quantitative estimate of drug-likeness (QED) is 0.147. The van der Waals surface area contributed by atoms with Crippen LogP contribution < -0.4 is 0 Å². The summed E-state index contributed by atoms with van der Waals surface area (Å²) < 4.78 is 50.3. The topological polar surface area (TPSA) is 238 Å². The first-order chi connectivity index (χ1) is 11.2. The second-order valence-corrected chi connectivity index (χ2v) is 9.42. The highest BCUT2D eigenvalue weighted by molar-refractivity contribution is 7.66. The highest BCUT2D eigenvalue weighted by Gasteiger charge is 2.49. The molecule has 0 saturated carbocycles. The summed E-state index contributed by atoms with van der Waals surface area (Å²) >= 11 is 0. The van der Waals surface area contributed by atoms with Crippen molar-refractivity contribution in [2.45, 2.75) is 31.2 Å². The molecule has 0 aliphatic carbocycles. The molecule has 146 valence electrons. The van der Waals surface area contributed by atoms with E-state index in [0.717, 1.165) is 0 Å². The monoisotopic (exact) mass is 427 g/mol. The van der Waals surface area contributed by atoms with E-state index in [2.05, 4.69) is 23.2 Å². The van der Waals surface area contributed by atoms with Gasteiger partial charge in [-0.25, -0.2) is 13.7 Å². The molecule has 25 heavy (non-hydrogen) atoms. The average Bonchev–Trinajstić information content (AvgIpc) is 2.65. The van der Waals surface area contributed by atoms with Crippen molar-refractivity contribution in [3.63, 3.8) is 0 Å². The van der Waals surface area contributed by atoms with Gasteiger partial charge in [-0.1, -0.05) is 5.11 Å². The molecule has 1 saturated heterocycles. The molecule has 0 radical (unpaired) electrons. The van der Waals surface area contributed by atoms with Gasteiger partial charge in [-0.2, -0.15) is 8.62 Å². The Morgan fingerprint density at radius 3 is 2.28 bits per heavy atom. The zero-order valence-corrected chi connectivity index (χ0v) is 15.2. The maximum atomic E-state index is 11.7. The molecular formula is C7H16N3O12P3. The van der Waals surface area contributed by atoms with Crippen molar-refractivity contribution >= 4 is 23.5 Å². The molecule has 0 aromatic carbocycles. The van der Waals surface area contributed by atoms with Crippen molar-refractivity contribution < 1.29 is 56.3 Å². The van der Waals surface area contributed by atoms with Crippen molar-refractivity contribution in [2.75, 3.05) is 13.2 Å². The van der Waals surface area contributed by atoms with E-state index < -0.39 is 54.4 Å². The minimum atomic E-state index is -5.65. The Kier molecular flexibility index (Phi) is 7.36. The number of hydrogen-bond acceptors (Lipinski definition) is 9. The number of azide groups is 1. The van der Waals surface area contributed by atoms with Crippen LogP contribution in [0.4, 0.5) is 0 Å². The van der Waals surface area contributed by atoms with Gasteiger partial charge in [0.1, 0.15) is 5.60 Å². The predicted molar refractivity (Wildman–Crippen MR) is 77.7 cm³/mol. The summed E-state index contributed by atoms with van der Waals surface area (Å²) in [4.78, 5) is 37.8. The van der Waals surface area contributed by atoms with Gasteiger partial charge in [0.25, 0.3) is 0 Å². The summed E-state index contributed by atoms with van der Waals surface area (Å²) in [7, 11) is -16.5. The lowest BCUT2D eigenvalue weighted by molar-refractivity contribution is -0.0984. The first-order valence-electron chi connectivity index (χ1n) is 6.35. The predicted octanol–water partition coefficient (Wildman–Crippen LogP) is 0.548. The molecule has 5 N–H and O–H groups in total. The minimum absolute atomic E-state index is 0.0840. The normalized spacial score (nSPS) is 31.8. The Hall–Kier alpha value is -0.360. The fourth-order valence-corrected chi connectivity index (χ4v) is 5.10. The molecule has 1 aliphatic rings. The minimum Gasteiger partial charge on any atom is -0.390 e. The summed E-state index contributed by atoms with van der Waals surface area (Å²) in [5, 5.41) is 13.2. The maximum absolute atomic E-state index is 11.7. The average molecular weight is 427 g/mol. The third-order valence-electron chi connectivity index (χ3n) is 2.89. The fourth-order valence-electron chi connectivity index (χ4n) is 2.02. The molecule has 0 aromatic heterocycles. The third-order valence-corrected chi connectivity index (χ3v) is 6.67. The Bertz CT molecular complexity index is 675. The van der Waals surface area contributed by atoms with Crippen LogP contribution in [0.5, 0.6) is 0 Å². The van der Waals surface area contributed by atoms with E-state index in [0.29, 0.717) is 0 Å². The maximum Gasteiger partial charge on any atom is 0.490 e. The lowest BCUT2D eigenvalue weighted by Gasteiger charge is -2.30. The van der Waals surface area contributed by atoms with Crippen LogP contribution in [0.15, 0.2) is 5.11 Å². The Morgan fingerprint density at radius 1 is 1.24 bits per heavy atom. The molecule has 0 spiro atoms. The van der Waals surface area contributed by atoms with E-state index in [1.54, 1.807) is 6.92 Å². The third kappa shape index (κ3) is 7.41. The SMILES string of the molecule is C[C@H]1CC(O)[C@@](CN=[N+]=[N-])(COP(=O)(O)OP(=O)(O)OP(=O)(O)O)O1. The molecule has 15 nitrogen and oxygen atoms in total. The van der Waals surface area contributed by atoms with Crippen molar-refractivity contribution in [1.82, 2.24) is 0 Å². The van der Waals surface area contributed by atoms with Gasteiger partial charge in [-0.3, -0.25) is 4.52 Å². The molecule has 1 heterocycles. The summed E-state index contributed by atoms with van der Waals surface area (Å²) in [5.74, 6) is 0. The van der Waals surface area contributed by atoms with Crippen molar-refractivity contribution in [1.29, 1.82) is 0 Å². The number of nitrogens with zero attached hydrogens (tertiary/aromatic N) is 3. The lowest BCUT2D eigenvalue weighted by Crippen LogP contribution is -2.46. The molecule has 5 atom stereocenters. The number of aliphatic hydroxyl groups is 1. The second kappa shape index (κ2) is 8.12. The number of phosphoric ester groups is 1. The smallest absolute Gasteiger partial charge is 0.390 e. The Labute approximate surface area is 140 Å². The highest BCUT2D eigenvalue weighted by Crippen LogP contribution is 2.66. The number of ether oxygens (including phenoxy) is 1. The molecule has 0 bridgehead atoms. The van der Waals surface area contributed by atoms with Crippen molar-refractivity contribution in [2.24, 2.45) is 5.11 Å². The van der Waals surface area contributed by atoms with Gasteiger partial charge >= 0.3 is 23.5 Å². The first kappa shape index (κ1) is 22.7. The standard InChI is InChI=1S/C7H16N3O12P3/c1-5-2-6(11)7(20-5,3-9-10-8)4-19-24(15,16)22-25(17,18)21-23(12,13)14/h5-6,11H,2-4H2,1H3,(H,15,16)(H,17,18)(H2,12,13,14)/t5-,6?,7+/m0/s1. The summed E-state index contributed by atoms with van der Waals surface area (Å²) in [6.07, 6.45) is -1.70. The second-order valence-electron chi connectivity index (χ2n) is 5.00. The van der Waals surface area contributed by atoms with E-state index in [1.807, 2.05) is 0 Å². The first-order valence-corrected chi connectivity index (χ1v) is 10.9. The van der Waals surface area contributed by atoms with Gasteiger partial charge in [-0.15, -0.1) is 0 Å². The molecule has 1 aliphatic heterocycles. The molecule has 0 amide bonds. The number of hydrogen-bond donors (Lipinski definition) is 5. The molecule has 0 aromatic rings. The fraction of sp³-hybridized carbons (Fsp3) is 1.00. The van der Waals surface area contributed by atoms with E-state index in [4.69, 9.17) is 24.9 Å². The van der Waals surface area contributed by atoms with E-state index >= 15 is 0 Å². The van der Waals surface area contributed by atoms with Gasteiger partial charge in [-0.05, 0) is 12.5 Å². The van der Waals surface area contributed by atoms with Crippen LogP contribution in [0.25, 0.3) is 10.4 Å². The zero-order chi connectivity index (χ0) is 19.5. The Morgan fingerprint density at radius 2 is 1.84 bits per heavy atom. The molecule has 18 heteroatoms. The van der Waals surface area contributed by atoms with Crippen LogP contribution in [0.3, 0.4) is 0 Å². The van der Waals surface area contributed by atoms with Crippen LogP contribution in [0.1, 0.15) is 13.3 Å². The van der Waals surface area contributed by atoms with Gasteiger partial charge in [0.15, 0.2) is 0 Å². The largest absolute Gasteiger partial charge is 0.490 e. The zero-order valence-electron chi connectivity index (χ0n) is 12.6. The number of aliphatic hydroxyl groups excluding tert-OH is 1. The van der Waals surface area contributed by atoms with E-state index in [9.17, 15) is 23.7 Å². The summed E-state index contributed by atoms with van der Waals surface area (Å²) in [6.45, 7) is 0.165. The number of rotatable bonds is 9. The summed E-state index contributed by atoms with van der Waals surface area (Å²) in [5.41, 5.74) is 6.65. The number of phosphoric acid groups is 3. The van der Waals surface area contributed by atoms with Crippen molar-refractivity contribution in [3.05, 3.63) is 10.4 Å². The van der Waals surface area contributed by atoms with E-state index in [1.165, 1.54) is 0 Å². The molecular weight excluding hydrogens is 411 g/mol.